The summed E-state index contributed by atoms with van der Waals surface area (Å²) in [4.78, 5) is 8.87. The van der Waals surface area contributed by atoms with E-state index in [1.54, 1.807) is 36.7 Å². The lowest BCUT2D eigenvalue weighted by atomic mass is 9.78. The molecular weight excluding hydrogens is 476 g/mol. The van der Waals surface area contributed by atoms with Gasteiger partial charge in [-0.1, -0.05) is 36.4 Å². The van der Waals surface area contributed by atoms with Crippen molar-refractivity contribution in [2.24, 2.45) is 10.9 Å². The van der Waals surface area contributed by atoms with E-state index in [-0.39, 0.29) is 21.8 Å². The summed E-state index contributed by atoms with van der Waals surface area (Å²) in [6, 6.07) is 13.5. The third kappa shape index (κ3) is 4.01. The molecule has 0 radical (unpaired) electrons. The number of pyridine rings is 1. The maximum absolute atomic E-state index is 11.4. The zero-order valence-electron chi connectivity index (χ0n) is 17.5. The third-order valence-corrected chi connectivity index (χ3v) is 7.66. The Labute approximate surface area is 196 Å². The summed E-state index contributed by atoms with van der Waals surface area (Å²) in [5, 5.41) is 0. The summed E-state index contributed by atoms with van der Waals surface area (Å²) in [7, 11) is -8.55. The Kier molecular flexibility index (Phi) is 5.33. The van der Waals surface area contributed by atoms with Crippen LogP contribution < -0.4 is 0 Å². The van der Waals surface area contributed by atoms with Gasteiger partial charge in [0.15, 0.2) is 0 Å². The molecule has 1 aliphatic carbocycles. The molecule has 2 N–H and O–H groups in total. The highest BCUT2D eigenvalue weighted by molar-refractivity contribution is 7.86. The van der Waals surface area contributed by atoms with E-state index in [1.807, 2.05) is 24.3 Å². The lowest BCUT2D eigenvalue weighted by Gasteiger charge is -2.31. The summed E-state index contributed by atoms with van der Waals surface area (Å²) in [6.07, 6.45) is 9.22. The van der Waals surface area contributed by atoms with Crippen molar-refractivity contribution in [3.8, 4) is 11.1 Å². The van der Waals surface area contributed by atoms with Crippen LogP contribution in [0.15, 0.2) is 87.7 Å². The molecule has 2 aromatic carbocycles. The molecule has 2 unspecified atom stereocenters. The van der Waals surface area contributed by atoms with Gasteiger partial charge in [0, 0.05) is 23.9 Å². The first-order chi connectivity index (χ1) is 16.1. The number of allylic oxidation sites excluding steroid dienone is 1. The van der Waals surface area contributed by atoms with Gasteiger partial charge in [-0.2, -0.15) is 16.8 Å². The summed E-state index contributed by atoms with van der Waals surface area (Å²) in [5.41, 5.74) is 4.99. The highest BCUT2D eigenvalue weighted by atomic mass is 32.2. The third-order valence-electron chi connectivity index (χ3n) is 5.92. The molecule has 1 aliphatic heterocycles. The van der Waals surface area contributed by atoms with Crippen LogP contribution in [0.3, 0.4) is 0 Å². The molecule has 2 heterocycles. The van der Waals surface area contributed by atoms with Crippen LogP contribution in [0, 0.1) is 5.92 Å². The number of aromatic nitrogens is 1. The molecule has 10 heteroatoms. The van der Waals surface area contributed by atoms with Crippen LogP contribution in [0.4, 0.5) is 0 Å². The number of fused-ring (bicyclic) bond motifs is 3. The van der Waals surface area contributed by atoms with Crippen LogP contribution >= 0.6 is 0 Å². The summed E-state index contributed by atoms with van der Waals surface area (Å²) >= 11 is 0. The maximum Gasteiger partial charge on any atom is 0.294 e. The normalized spacial score (nSPS) is 19.3. The van der Waals surface area contributed by atoms with Crippen molar-refractivity contribution in [3.05, 3.63) is 89.8 Å². The predicted octanol–water partition coefficient (Wildman–Crippen LogP) is 4.09. The Morgan fingerprint density at radius 1 is 0.765 bits per heavy atom. The van der Waals surface area contributed by atoms with Gasteiger partial charge in [0.25, 0.3) is 20.2 Å². The number of nitrogens with zero attached hydrogens (tertiary/aromatic N) is 2. The highest BCUT2D eigenvalue weighted by Gasteiger charge is 2.33. The van der Waals surface area contributed by atoms with E-state index >= 15 is 0 Å². The highest BCUT2D eigenvalue weighted by Crippen LogP contribution is 2.45. The largest absolute Gasteiger partial charge is 0.294 e. The Hall–Kier alpha value is -3.44. The van der Waals surface area contributed by atoms with Crippen molar-refractivity contribution in [2.75, 3.05) is 0 Å². The van der Waals surface area contributed by atoms with Gasteiger partial charge in [0.2, 0.25) is 0 Å². The number of hydrogen-bond donors (Lipinski definition) is 2. The number of benzene rings is 2. The van der Waals surface area contributed by atoms with Gasteiger partial charge < -0.3 is 0 Å². The van der Waals surface area contributed by atoms with E-state index < -0.39 is 20.2 Å². The second-order valence-corrected chi connectivity index (χ2v) is 10.7. The average Bonchev–Trinajstić information content (AvgIpc) is 2.82. The van der Waals surface area contributed by atoms with Gasteiger partial charge in [-0.3, -0.25) is 19.1 Å². The molecule has 0 amide bonds. The lowest BCUT2D eigenvalue weighted by molar-refractivity contribution is 0.481. The number of dihydropyridines is 1. The molecule has 1 aromatic heterocycles. The molecule has 0 fully saturated rings. The summed E-state index contributed by atoms with van der Waals surface area (Å²) in [6.45, 7) is 0. The number of rotatable bonds is 4. The minimum absolute atomic E-state index is 0.126. The van der Waals surface area contributed by atoms with Crippen molar-refractivity contribution in [1.29, 1.82) is 0 Å². The molecule has 8 nitrogen and oxygen atoms in total. The second kappa shape index (κ2) is 8.10. The molecular formula is C24H18N2O6S2. The molecule has 0 saturated heterocycles. The van der Waals surface area contributed by atoms with Gasteiger partial charge in [-0.05, 0) is 58.7 Å². The molecule has 172 valence electrons. The molecule has 0 spiro atoms. The monoisotopic (exact) mass is 494 g/mol. The molecule has 5 rings (SSSR count). The minimum Gasteiger partial charge on any atom is -0.282 e. The average molecular weight is 495 g/mol. The first-order valence-corrected chi connectivity index (χ1v) is 13.1. The van der Waals surface area contributed by atoms with Crippen molar-refractivity contribution < 1.29 is 25.9 Å². The standard InChI is InChI=1S/C24H18N2O6S2/c27-33(28,29)17-5-1-15(2-6-17)19-11-13-25-23-21(19)9-10-22-20(12-14-26-24(22)23)16-3-7-18(8-4-16)34(30,31)32/h1-14,21,23H,(H,27,28,29)(H,30,31,32). The van der Waals surface area contributed by atoms with E-state index in [0.717, 1.165) is 33.5 Å². The quantitative estimate of drug-likeness (QED) is 0.522. The van der Waals surface area contributed by atoms with Gasteiger partial charge in [0.05, 0.1) is 15.5 Å². The van der Waals surface area contributed by atoms with Gasteiger partial charge in [-0.25, -0.2) is 0 Å². The van der Waals surface area contributed by atoms with Crippen molar-refractivity contribution in [1.82, 2.24) is 4.98 Å². The van der Waals surface area contributed by atoms with E-state index in [0.29, 0.717) is 0 Å². The second-order valence-electron chi connectivity index (χ2n) is 7.91. The number of hydrogen-bond acceptors (Lipinski definition) is 6. The van der Waals surface area contributed by atoms with Crippen molar-refractivity contribution >= 4 is 38.1 Å². The maximum atomic E-state index is 11.4. The fourth-order valence-electron chi connectivity index (χ4n) is 4.31. The van der Waals surface area contributed by atoms with E-state index in [4.69, 9.17) is 0 Å². The fraction of sp³-hybridized carbons (Fsp3) is 0.0833. The zero-order valence-corrected chi connectivity index (χ0v) is 19.1. The Bertz CT molecular complexity index is 1590. The van der Waals surface area contributed by atoms with Crippen LogP contribution in [-0.4, -0.2) is 37.1 Å². The minimum atomic E-state index is -4.28. The van der Waals surface area contributed by atoms with Crippen LogP contribution in [-0.2, 0) is 20.2 Å². The topological polar surface area (TPSA) is 134 Å². The predicted molar refractivity (Wildman–Crippen MR) is 127 cm³/mol. The first-order valence-electron chi connectivity index (χ1n) is 10.2. The molecule has 0 saturated carbocycles. The van der Waals surface area contributed by atoms with Crippen molar-refractivity contribution in [3.63, 3.8) is 0 Å². The van der Waals surface area contributed by atoms with Crippen LogP contribution in [0.5, 0.6) is 0 Å². The Morgan fingerprint density at radius 3 is 1.94 bits per heavy atom. The van der Waals surface area contributed by atoms with Crippen LogP contribution in [0.25, 0.3) is 22.8 Å². The number of aliphatic imine (C=N–C) groups is 1. The molecule has 34 heavy (non-hydrogen) atoms. The van der Waals surface area contributed by atoms with E-state index in [2.05, 4.69) is 9.98 Å². The van der Waals surface area contributed by atoms with Gasteiger partial charge >= 0.3 is 0 Å². The van der Waals surface area contributed by atoms with Crippen LogP contribution in [0.2, 0.25) is 0 Å². The Morgan fingerprint density at radius 2 is 1.35 bits per heavy atom. The molecule has 0 bridgehead atoms. The van der Waals surface area contributed by atoms with Gasteiger partial charge in [0.1, 0.15) is 6.04 Å². The SMILES string of the molecule is O=S(=O)(O)c1ccc(C2=CC=NC3c4nccc(-c5ccc(S(=O)(=O)O)cc5)c4C=CC23)cc1. The summed E-state index contributed by atoms with van der Waals surface area (Å²) < 4.78 is 63.9. The molecule has 2 atom stereocenters. The lowest BCUT2D eigenvalue weighted by Crippen LogP contribution is -2.20. The molecule has 3 aromatic rings. The zero-order chi connectivity index (χ0) is 24.1. The van der Waals surface area contributed by atoms with E-state index in [9.17, 15) is 25.9 Å². The molecule has 2 aliphatic rings. The van der Waals surface area contributed by atoms with Gasteiger partial charge in [-0.15, -0.1) is 0 Å². The first kappa shape index (κ1) is 22.4. The fourth-order valence-corrected chi connectivity index (χ4v) is 5.27. The van der Waals surface area contributed by atoms with E-state index in [1.165, 1.54) is 24.3 Å². The van der Waals surface area contributed by atoms with Crippen molar-refractivity contribution in [2.45, 2.75) is 15.8 Å². The Balaban J connectivity index is 1.52. The van der Waals surface area contributed by atoms with Crippen LogP contribution in [0.1, 0.15) is 22.9 Å². The summed E-state index contributed by atoms with van der Waals surface area (Å²) in [5.74, 6) is -0.126. The smallest absolute Gasteiger partial charge is 0.282 e.